The number of aliphatic imine (C=N–C) groups is 1. The van der Waals surface area contributed by atoms with E-state index in [-0.39, 0.29) is 18.4 Å². The predicted molar refractivity (Wildman–Crippen MR) is 116 cm³/mol. The Hall–Kier alpha value is -1.84. The molecule has 1 fully saturated rings. The van der Waals surface area contributed by atoms with Crippen LogP contribution in [0.25, 0.3) is 0 Å². The standard InChI is InChI=1S/C20H34N4O4S/c1-3-21-20(23-15-17-9-5-6-11-19(17)27-4-2)22-12-14-29(25,26)24-16-18-10-7-8-13-28-18/h5-6,9,11,18,24H,3-4,7-8,10,12-16H2,1-2H3,(H2,21,22,23). The Morgan fingerprint density at radius 2 is 2.07 bits per heavy atom. The maximum absolute atomic E-state index is 12.2. The summed E-state index contributed by atoms with van der Waals surface area (Å²) in [7, 11) is -3.37. The zero-order valence-corrected chi connectivity index (χ0v) is 18.3. The van der Waals surface area contributed by atoms with Crippen LogP contribution >= 0.6 is 0 Å². The van der Waals surface area contributed by atoms with Gasteiger partial charge in [-0.3, -0.25) is 0 Å². The van der Waals surface area contributed by atoms with Crippen LogP contribution in [0.4, 0.5) is 0 Å². The SMILES string of the molecule is CCNC(=NCc1ccccc1OCC)NCCS(=O)(=O)NCC1CCCCO1. The molecule has 1 aromatic rings. The number of guanidine groups is 1. The first-order chi connectivity index (χ1) is 14.0. The molecule has 0 amide bonds. The Kier molecular flexibility index (Phi) is 10.2. The van der Waals surface area contributed by atoms with Crippen molar-refractivity contribution in [1.82, 2.24) is 15.4 Å². The smallest absolute Gasteiger partial charge is 0.213 e. The molecule has 9 heteroatoms. The fraction of sp³-hybridized carbons (Fsp3) is 0.650. The lowest BCUT2D eigenvalue weighted by Crippen LogP contribution is -2.42. The second-order valence-electron chi connectivity index (χ2n) is 6.82. The molecule has 1 aliphatic rings. The first-order valence-electron chi connectivity index (χ1n) is 10.4. The summed E-state index contributed by atoms with van der Waals surface area (Å²) in [6.07, 6.45) is 3.02. The van der Waals surface area contributed by atoms with Gasteiger partial charge in [-0.2, -0.15) is 0 Å². The summed E-state index contributed by atoms with van der Waals surface area (Å²) in [6.45, 7) is 6.94. The van der Waals surface area contributed by atoms with Crippen molar-refractivity contribution in [2.24, 2.45) is 4.99 Å². The summed E-state index contributed by atoms with van der Waals surface area (Å²) in [5, 5.41) is 6.22. The molecule has 3 N–H and O–H groups in total. The van der Waals surface area contributed by atoms with E-state index in [0.29, 0.717) is 38.8 Å². The van der Waals surface area contributed by atoms with E-state index >= 15 is 0 Å². The molecular formula is C20H34N4O4S. The van der Waals surface area contributed by atoms with Gasteiger partial charge in [-0.1, -0.05) is 18.2 Å². The number of nitrogens with zero attached hydrogens (tertiary/aromatic N) is 1. The molecule has 1 heterocycles. The molecule has 2 rings (SSSR count). The van der Waals surface area contributed by atoms with Crippen LogP contribution in [0.5, 0.6) is 5.75 Å². The van der Waals surface area contributed by atoms with Gasteiger partial charge in [0.15, 0.2) is 5.96 Å². The average molecular weight is 427 g/mol. The third-order valence-corrected chi connectivity index (χ3v) is 5.84. The van der Waals surface area contributed by atoms with Crippen molar-refractivity contribution < 1.29 is 17.9 Å². The summed E-state index contributed by atoms with van der Waals surface area (Å²) in [6, 6.07) is 7.77. The maximum atomic E-state index is 12.2. The summed E-state index contributed by atoms with van der Waals surface area (Å²) in [5.41, 5.74) is 0.980. The van der Waals surface area contributed by atoms with Crippen LogP contribution in [0.3, 0.4) is 0 Å². The lowest BCUT2D eigenvalue weighted by Gasteiger charge is -2.22. The zero-order valence-electron chi connectivity index (χ0n) is 17.4. The van der Waals surface area contributed by atoms with Gasteiger partial charge in [0.05, 0.1) is 25.0 Å². The van der Waals surface area contributed by atoms with E-state index < -0.39 is 10.0 Å². The van der Waals surface area contributed by atoms with Crippen LogP contribution in [-0.2, 0) is 21.3 Å². The molecule has 1 atom stereocenters. The number of hydrogen-bond donors (Lipinski definition) is 3. The highest BCUT2D eigenvalue weighted by Gasteiger charge is 2.17. The van der Waals surface area contributed by atoms with Gasteiger partial charge in [-0.15, -0.1) is 0 Å². The molecular weight excluding hydrogens is 392 g/mol. The van der Waals surface area contributed by atoms with E-state index in [1.165, 1.54) is 0 Å². The van der Waals surface area contributed by atoms with Crippen LogP contribution in [-0.4, -0.2) is 59.1 Å². The first-order valence-corrected chi connectivity index (χ1v) is 12.0. The van der Waals surface area contributed by atoms with Gasteiger partial charge in [-0.25, -0.2) is 18.1 Å². The topological polar surface area (TPSA) is 101 Å². The second kappa shape index (κ2) is 12.7. The molecule has 0 aromatic heterocycles. The zero-order chi connectivity index (χ0) is 21.0. The van der Waals surface area contributed by atoms with E-state index in [4.69, 9.17) is 9.47 Å². The summed E-state index contributed by atoms with van der Waals surface area (Å²) < 4.78 is 38.3. The summed E-state index contributed by atoms with van der Waals surface area (Å²) in [4.78, 5) is 4.54. The Morgan fingerprint density at radius 1 is 1.24 bits per heavy atom. The summed E-state index contributed by atoms with van der Waals surface area (Å²) >= 11 is 0. The minimum absolute atomic E-state index is 0.0178. The number of hydrogen-bond acceptors (Lipinski definition) is 5. The van der Waals surface area contributed by atoms with E-state index in [0.717, 1.165) is 30.6 Å². The average Bonchev–Trinajstić information content (AvgIpc) is 2.72. The molecule has 0 spiro atoms. The highest BCUT2D eigenvalue weighted by atomic mass is 32.2. The molecule has 1 unspecified atom stereocenters. The van der Waals surface area contributed by atoms with E-state index in [1.54, 1.807) is 0 Å². The van der Waals surface area contributed by atoms with Crippen molar-refractivity contribution in [3.63, 3.8) is 0 Å². The largest absolute Gasteiger partial charge is 0.494 e. The van der Waals surface area contributed by atoms with Crippen LogP contribution in [0.15, 0.2) is 29.3 Å². The van der Waals surface area contributed by atoms with Crippen LogP contribution in [0.2, 0.25) is 0 Å². The van der Waals surface area contributed by atoms with E-state index in [9.17, 15) is 8.42 Å². The van der Waals surface area contributed by atoms with Gasteiger partial charge in [0.1, 0.15) is 5.75 Å². The Morgan fingerprint density at radius 3 is 2.79 bits per heavy atom. The van der Waals surface area contributed by atoms with Crippen molar-refractivity contribution in [3.05, 3.63) is 29.8 Å². The molecule has 0 aliphatic carbocycles. The number of rotatable bonds is 11. The van der Waals surface area contributed by atoms with Gasteiger partial charge in [-0.05, 0) is 39.2 Å². The van der Waals surface area contributed by atoms with Crippen molar-refractivity contribution >= 4 is 16.0 Å². The Balaban J connectivity index is 1.82. The van der Waals surface area contributed by atoms with Crippen molar-refractivity contribution in [3.8, 4) is 5.75 Å². The van der Waals surface area contributed by atoms with Crippen molar-refractivity contribution in [2.45, 2.75) is 45.8 Å². The first kappa shape index (κ1) is 23.4. The highest BCUT2D eigenvalue weighted by Crippen LogP contribution is 2.18. The minimum atomic E-state index is -3.37. The van der Waals surface area contributed by atoms with E-state index in [1.807, 2.05) is 38.1 Å². The fourth-order valence-corrected chi connectivity index (χ4v) is 3.96. The van der Waals surface area contributed by atoms with Crippen LogP contribution in [0, 0.1) is 0 Å². The van der Waals surface area contributed by atoms with Crippen molar-refractivity contribution in [1.29, 1.82) is 0 Å². The third-order valence-electron chi connectivity index (χ3n) is 4.49. The Labute approximate surface area is 174 Å². The quantitative estimate of drug-likeness (QED) is 0.367. The van der Waals surface area contributed by atoms with Gasteiger partial charge in [0.2, 0.25) is 10.0 Å². The molecule has 0 bridgehead atoms. The van der Waals surface area contributed by atoms with Gasteiger partial charge < -0.3 is 20.1 Å². The van der Waals surface area contributed by atoms with Gasteiger partial charge >= 0.3 is 0 Å². The molecule has 1 aromatic carbocycles. The second-order valence-corrected chi connectivity index (χ2v) is 8.75. The number of sulfonamides is 1. The number of para-hydroxylation sites is 1. The van der Waals surface area contributed by atoms with Gasteiger partial charge in [0.25, 0.3) is 0 Å². The van der Waals surface area contributed by atoms with Crippen molar-refractivity contribution in [2.75, 3.05) is 38.6 Å². The predicted octanol–water partition coefficient (Wildman–Crippen LogP) is 1.63. The Bertz CT molecular complexity index is 734. The van der Waals surface area contributed by atoms with Crippen LogP contribution < -0.4 is 20.1 Å². The fourth-order valence-electron chi connectivity index (χ4n) is 3.00. The highest BCUT2D eigenvalue weighted by molar-refractivity contribution is 7.89. The summed E-state index contributed by atoms with van der Waals surface area (Å²) in [5.74, 6) is 1.36. The molecule has 0 saturated carbocycles. The molecule has 164 valence electrons. The third kappa shape index (κ3) is 9.01. The number of ether oxygens (including phenoxy) is 2. The van der Waals surface area contributed by atoms with E-state index in [2.05, 4.69) is 20.3 Å². The lowest BCUT2D eigenvalue weighted by atomic mass is 10.1. The normalized spacial score (nSPS) is 17.7. The lowest BCUT2D eigenvalue weighted by molar-refractivity contribution is 0.0200. The van der Waals surface area contributed by atoms with Gasteiger partial charge in [0, 0.05) is 31.8 Å². The molecule has 1 saturated heterocycles. The molecule has 8 nitrogen and oxygen atoms in total. The van der Waals surface area contributed by atoms with Crippen LogP contribution in [0.1, 0.15) is 38.7 Å². The molecule has 1 aliphatic heterocycles. The molecule has 0 radical (unpaired) electrons. The number of benzene rings is 1. The minimum Gasteiger partial charge on any atom is -0.494 e. The molecule has 29 heavy (non-hydrogen) atoms. The maximum Gasteiger partial charge on any atom is 0.213 e. The number of nitrogens with one attached hydrogen (secondary N) is 3. The monoisotopic (exact) mass is 426 g/mol.